The monoisotopic (exact) mass is 359 g/mol. The molecule has 4 rings (SSSR count). The molecule has 0 spiro atoms. The Balaban J connectivity index is 1.85. The van der Waals surface area contributed by atoms with Crippen molar-refractivity contribution >= 4 is 28.3 Å². The molecular formula is C22H21N3O2. The second kappa shape index (κ2) is 6.43. The Morgan fingerprint density at radius 3 is 2.30 bits per heavy atom. The molecule has 1 atom stereocenters. The number of hydrogen-bond acceptors (Lipinski definition) is 3. The minimum atomic E-state index is -0.300. The number of amides is 2. The van der Waals surface area contributed by atoms with Gasteiger partial charge in [0, 0.05) is 42.8 Å². The van der Waals surface area contributed by atoms with Crippen molar-refractivity contribution in [1.29, 1.82) is 0 Å². The molecule has 5 nitrogen and oxygen atoms in total. The maximum Gasteiger partial charge on any atom is 0.277 e. The molecule has 1 aliphatic heterocycles. The van der Waals surface area contributed by atoms with Crippen LogP contribution in [0.4, 0.5) is 0 Å². The van der Waals surface area contributed by atoms with Gasteiger partial charge in [0.2, 0.25) is 0 Å². The van der Waals surface area contributed by atoms with Gasteiger partial charge in [-0.1, -0.05) is 48.5 Å². The Hall–Kier alpha value is -3.34. The number of imide groups is 1. The molecule has 3 aromatic rings. The summed E-state index contributed by atoms with van der Waals surface area (Å²) in [5, 5.41) is 4.24. The molecule has 2 heterocycles. The molecule has 2 aromatic carbocycles. The van der Waals surface area contributed by atoms with Crippen molar-refractivity contribution in [2.45, 2.75) is 13.0 Å². The first-order valence-electron chi connectivity index (χ1n) is 8.91. The van der Waals surface area contributed by atoms with Gasteiger partial charge in [0.1, 0.15) is 5.70 Å². The average molecular weight is 359 g/mol. The first-order chi connectivity index (χ1) is 13.0. The number of aryl methyl sites for hydroxylation is 1. The van der Waals surface area contributed by atoms with E-state index in [9.17, 15) is 9.59 Å². The summed E-state index contributed by atoms with van der Waals surface area (Å²) in [6, 6.07) is 17.7. The normalized spacial score (nSPS) is 15.7. The Labute approximate surface area is 157 Å². The lowest BCUT2D eigenvalue weighted by atomic mass is 10.0. The van der Waals surface area contributed by atoms with E-state index in [0.29, 0.717) is 11.3 Å². The van der Waals surface area contributed by atoms with Crippen LogP contribution in [0.15, 0.2) is 66.5 Å². The van der Waals surface area contributed by atoms with Crippen LogP contribution in [0.1, 0.15) is 24.1 Å². The third kappa shape index (κ3) is 2.72. The highest BCUT2D eigenvalue weighted by atomic mass is 16.2. The van der Waals surface area contributed by atoms with Crippen molar-refractivity contribution in [2.24, 2.45) is 7.05 Å². The van der Waals surface area contributed by atoms with Crippen LogP contribution < -0.4 is 5.32 Å². The van der Waals surface area contributed by atoms with Gasteiger partial charge in [-0.2, -0.15) is 0 Å². The number of likely N-dealkylation sites (N-methyl/N-ethyl adjacent to an activating group) is 1. The van der Waals surface area contributed by atoms with E-state index in [0.717, 1.165) is 22.0 Å². The minimum absolute atomic E-state index is 0.102. The Morgan fingerprint density at radius 1 is 0.889 bits per heavy atom. The van der Waals surface area contributed by atoms with Crippen LogP contribution in [0, 0.1) is 0 Å². The van der Waals surface area contributed by atoms with E-state index in [1.165, 1.54) is 11.9 Å². The van der Waals surface area contributed by atoms with Gasteiger partial charge < -0.3 is 9.88 Å². The summed E-state index contributed by atoms with van der Waals surface area (Å²) in [4.78, 5) is 26.9. The van der Waals surface area contributed by atoms with Crippen LogP contribution in [-0.4, -0.2) is 28.3 Å². The number of nitrogens with one attached hydrogen (secondary N) is 1. The van der Waals surface area contributed by atoms with Gasteiger partial charge in [-0.15, -0.1) is 0 Å². The quantitative estimate of drug-likeness (QED) is 0.728. The molecule has 0 radical (unpaired) electrons. The molecule has 136 valence electrons. The molecule has 0 saturated carbocycles. The predicted octanol–water partition coefficient (Wildman–Crippen LogP) is 3.24. The number of fused-ring (bicyclic) bond motifs is 1. The molecule has 0 aliphatic carbocycles. The van der Waals surface area contributed by atoms with E-state index < -0.39 is 0 Å². The molecule has 27 heavy (non-hydrogen) atoms. The molecule has 2 amide bonds. The zero-order valence-electron chi connectivity index (χ0n) is 15.6. The summed E-state index contributed by atoms with van der Waals surface area (Å²) in [6.45, 7) is 1.99. The SMILES string of the molecule is C[C@@H](NC1=C(c2cn(C)c3ccccc23)C(=O)N(C)C1=O)c1ccccc1. The zero-order chi connectivity index (χ0) is 19.1. The second-order valence-electron chi connectivity index (χ2n) is 6.87. The van der Waals surface area contributed by atoms with E-state index in [-0.39, 0.29) is 17.9 Å². The van der Waals surface area contributed by atoms with Gasteiger partial charge in [-0.05, 0) is 18.6 Å². The molecular weight excluding hydrogens is 338 g/mol. The smallest absolute Gasteiger partial charge is 0.277 e. The number of hydrogen-bond donors (Lipinski definition) is 1. The van der Waals surface area contributed by atoms with Gasteiger partial charge in [0.05, 0.1) is 5.57 Å². The highest BCUT2D eigenvalue weighted by Crippen LogP contribution is 2.34. The number of benzene rings is 2. The Morgan fingerprint density at radius 2 is 1.56 bits per heavy atom. The topological polar surface area (TPSA) is 54.3 Å². The molecule has 0 saturated heterocycles. The largest absolute Gasteiger partial charge is 0.373 e. The third-order valence-electron chi connectivity index (χ3n) is 5.11. The number of aromatic nitrogens is 1. The van der Waals surface area contributed by atoms with Crippen LogP contribution in [0.3, 0.4) is 0 Å². The van der Waals surface area contributed by atoms with Crippen LogP contribution >= 0.6 is 0 Å². The average Bonchev–Trinajstić information content (AvgIpc) is 3.12. The van der Waals surface area contributed by atoms with Gasteiger partial charge in [0.15, 0.2) is 0 Å². The molecule has 1 aromatic heterocycles. The summed E-state index contributed by atoms with van der Waals surface area (Å²) in [6.07, 6.45) is 1.92. The Bertz CT molecular complexity index is 1080. The number of carbonyl (C=O) groups is 2. The highest BCUT2D eigenvalue weighted by Gasteiger charge is 2.38. The molecule has 5 heteroatoms. The number of rotatable bonds is 4. The van der Waals surface area contributed by atoms with Crippen LogP contribution in [0.25, 0.3) is 16.5 Å². The van der Waals surface area contributed by atoms with E-state index in [1.54, 1.807) is 0 Å². The van der Waals surface area contributed by atoms with Crippen LogP contribution in [-0.2, 0) is 16.6 Å². The van der Waals surface area contributed by atoms with Crippen molar-refractivity contribution in [3.63, 3.8) is 0 Å². The number of carbonyl (C=O) groups excluding carboxylic acids is 2. The summed E-state index contributed by atoms with van der Waals surface area (Å²) in [5.41, 5.74) is 3.64. The van der Waals surface area contributed by atoms with Crippen molar-refractivity contribution in [1.82, 2.24) is 14.8 Å². The maximum absolute atomic E-state index is 12.9. The summed E-state index contributed by atoms with van der Waals surface area (Å²) >= 11 is 0. The first-order valence-corrected chi connectivity index (χ1v) is 8.91. The van der Waals surface area contributed by atoms with E-state index in [1.807, 2.05) is 79.3 Å². The summed E-state index contributed by atoms with van der Waals surface area (Å²) in [7, 11) is 3.47. The fourth-order valence-corrected chi connectivity index (χ4v) is 3.61. The van der Waals surface area contributed by atoms with Gasteiger partial charge in [-0.25, -0.2) is 0 Å². The number of nitrogens with zero attached hydrogens (tertiary/aromatic N) is 2. The lowest BCUT2D eigenvalue weighted by Gasteiger charge is -2.16. The zero-order valence-corrected chi connectivity index (χ0v) is 15.6. The fraction of sp³-hybridized carbons (Fsp3) is 0.182. The standard InChI is InChI=1S/C22H21N3O2/c1-14(15-9-5-4-6-10-15)23-20-19(21(26)25(3)22(20)27)17-13-24(2)18-12-8-7-11-16(17)18/h4-14,23H,1-3H3/t14-/m1/s1. The molecule has 0 bridgehead atoms. The lowest BCUT2D eigenvalue weighted by molar-refractivity contribution is -0.135. The maximum atomic E-state index is 12.9. The summed E-state index contributed by atoms with van der Waals surface area (Å²) in [5.74, 6) is -0.579. The minimum Gasteiger partial charge on any atom is -0.373 e. The van der Waals surface area contributed by atoms with E-state index >= 15 is 0 Å². The van der Waals surface area contributed by atoms with Gasteiger partial charge in [0.25, 0.3) is 11.8 Å². The van der Waals surface area contributed by atoms with E-state index in [2.05, 4.69) is 5.32 Å². The predicted molar refractivity (Wildman–Crippen MR) is 106 cm³/mol. The molecule has 1 N–H and O–H groups in total. The first kappa shape index (κ1) is 17.1. The van der Waals surface area contributed by atoms with Crippen molar-refractivity contribution < 1.29 is 9.59 Å². The van der Waals surface area contributed by atoms with Crippen LogP contribution in [0.2, 0.25) is 0 Å². The molecule has 0 unspecified atom stereocenters. The molecule has 1 aliphatic rings. The van der Waals surface area contributed by atoms with Crippen molar-refractivity contribution in [3.8, 4) is 0 Å². The van der Waals surface area contributed by atoms with Gasteiger partial charge in [-0.3, -0.25) is 14.5 Å². The second-order valence-corrected chi connectivity index (χ2v) is 6.87. The third-order valence-corrected chi connectivity index (χ3v) is 5.11. The molecule has 0 fully saturated rings. The fourth-order valence-electron chi connectivity index (χ4n) is 3.61. The summed E-state index contributed by atoms with van der Waals surface area (Å²) < 4.78 is 1.98. The number of para-hydroxylation sites is 1. The van der Waals surface area contributed by atoms with Gasteiger partial charge >= 0.3 is 0 Å². The highest BCUT2D eigenvalue weighted by molar-refractivity contribution is 6.37. The lowest BCUT2D eigenvalue weighted by Crippen LogP contribution is -2.30. The Kier molecular flexibility index (Phi) is 4.07. The van der Waals surface area contributed by atoms with Crippen LogP contribution in [0.5, 0.6) is 0 Å². The van der Waals surface area contributed by atoms with Crippen molar-refractivity contribution in [3.05, 3.63) is 77.6 Å². The van der Waals surface area contributed by atoms with Crippen molar-refractivity contribution in [2.75, 3.05) is 7.05 Å². The van der Waals surface area contributed by atoms with E-state index in [4.69, 9.17) is 0 Å².